The van der Waals surface area contributed by atoms with Crippen LogP contribution in [-0.4, -0.2) is 18.5 Å². The third kappa shape index (κ3) is 2.66. The lowest BCUT2D eigenvalue weighted by Crippen LogP contribution is -2.26. The fraction of sp³-hybridized carbons (Fsp3) is 0.300. The van der Waals surface area contributed by atoms with Crippen LogP contribution in [0.5, 0.6) is 5.75 Å². The molecule has 0 unspecified atom stereocenters. The van der Waals surface area contributed by atoms with Crippen molar-refractivity contribution in [3.8, 4) is 5.75 Å². The van der Waals surface area contributed by atoms with Crippen LogP contribution in [0.15, 0.2) is 24.3 Å². The molecule has 0 bridgehead atoms. The number of carbonyl (C=O) groups is 1. The molecule has 0 heterocycles. The van der Waals surface area contributed by atoms with Crippen molar-refractivity contribution in [2.24, 2.45) is 0 Å². The van der Waals surface area contributed by atoms with E-state index in [0.29, 0.717) is 0 Å². The van der Waals surface area contributed by atoms with Crippen LogP contribution < -0.4 is 4.74 Å². The topological polar surface area (TPSA) is 26.3 Å². The van der Waals surface area contributed by atoms with Crippen molar-refractivity contribution in [1.82, 2.24) is 0 Å². The maximum Gasteiger partial charge on any atom is 0.404 e. The molecule has 0 aliphatic carbocycles. The molecule has 0 N–H and O–H groups in total. The van der Waals surface area contributed by atoms with Gasteiger partial charge in [0.25, 0.3) is 0 Å². The van der Waals surface area contributed by atoms with Crippen LogP contribution in [0.25, 0.3) is 0 Å². The molecule has 0 amide bonds. The summed E-state index contributed by atoms with van der Waals surface area (Å²) in [6.45, 7) is 0. The summed E-state index contributed by atoms with van der Waals surface area (Å²) in [5, 5.41) is -1.48. The lowest BCUT2D eigenvalue weighted by Gasteiger charge is -2.18. The molecule has 0 radical (unpaired) electrons. The molecule has 16 heavy (non-hydrogen) atoms. The predicted molar refractivity (Wildman–Crippen MR) is 52.7 cm³/mol. The number of para-hydroxylation sites is 1. The fourth-order valence-electron chi connectivity index (χ4n) is 1.33. The molecule has 88 valence electrons. The Hall–Kier alpha value is -1.23. The van der Waals surface area contributed by atoms with Crippen molar-refractivity contribution >= 4 is 16.8 Å². The van der Waals surface area contributed by atoms with Crippen molar-refractivity contribution in [3.63, 3.8) is 0 Å². The standard InChI is InChI=1S/C10H8ClF3O2/c1-16-7-5-3-2-4-6(7)8(9(11)15)10(12,13)14/h2-5,8H,1H3/t8-/m1/s1. The van der Waals surface area contributed by atoms with Crippen LogP contribution in [0, 0.1) is 0 Å². The second kappa shape index (κ2) is 4.74. The van der Waals surface area contributed by atoms with Gasteiger partial charge in [0.2, 0.25) is 5.24 Å². The predicted octanol–water partition coefficient (Wildman–Crippen LogP) is 3.11. The fourth-order valence-corrected chi connectivity index (χ4v) is 1.57. The van der Waals surface area contributed by atoms with Gasteiger partial charge in [-0.15, -0.1) is 0 Å². The Morgan fingerprint density at radius 3 is 2.38 bits per heavy atom. The van der Waals surface area contributed by atoms with Gasteiger partial charge < -0.3 is 4.74 Å². The molecule has 6 heteroatoms. The second-order valence-electron chi connectivity index (χ2n) is 3.02. The Labute approximate surface area is 95.0 Å². The van der Waals surface area contributed by atoms with E-state index in [1.54, 1.807) is 0 Å². The van der Waals surface area contributed by atoms with Crippen molar-refractivity contribution in [2.45, 2.75) is 12.1 Å². The van der Waals surface area contributed by atoms with Gasteiger partial charge in [-0.2, -0.15) is 13.2 Å². The van der Waals surface area contributed by atoms with Gasteiger partial charge in [-0.3, -0.25) is 4.79 Å². The maximum absolute atomic E-state index is 12.6. The number of methoxy groups -OCH3 is 1. The highest BCUT2D eigenvalue weighted by Gasteiger charge is 2.46. The smallest absolute Gasteiger partial charge is 0.404 e. The number of ether oxygens (including phenoxy) is 1. The molecule has 0 spiro atoms. The normalized spacial score (nSPS) is 13.3. The first-order chi connectivity index (χ1) is 7.38. The molecule has 0 saturated heterocycles. The van der Waals surface area contributed by atoms with Gasteiger partial charge in [0.1, 0.15) is 5.75 Å². The van der Waals surface area contributed by atoms with Crippen LogP contribution in [0.3, 0.4) is 0 Å². The van der Waals surface area contributed by atoms with Gasteiger partial charge >= 0.3 is 6.18 Å². The van der Waals surface area contributed by atoms with Gasteiger partial charge in [0.05, 0.1) is 7.11 Å². The SMILES string of the molecule is COc1ccccc1[C@H](C(=O)Cl)C(F)(F)F. The van der Waals surface area contributed by atoms with Gasteiger partial charge in [-0.25, -0.2) is 0 Å². The molecule has 0 aliphatic rings. The molecular formula is C10H8ClF3O2. The molecule has 0 aromatic heterocycles. The summed E-state index contributed by atoms with van der Waals surface area (Å²) in [7, 11) is 1.23. The van der Waals surface area contributed by atoms with Crippen molar-refractivity contribution in [3.05, 3.63) is 29.8 Å². The molecule has 1 aromatic carbocycles. The Morgan fingerprint density at radius 2 is 1.94 bits per heavy atom. The summed E-state index contributed by atoms with van der Waals surface area (Å²) in [4.78, 5) is 10.8. The summed E-state index contributed by atoms with van der Waals surface area (Å²) in [5.41, 5.74) is -0.280. The number of alkyl halides is 3. The van der Waals surface area contributed by atoms with Gasteiger partial charge in [-0.05, 0) is 17.7 Å². The van der Waals surface area contributed by atoms with Gasteiger partial charge in [0.15, 0.2) is 5.92 Å². The number of carbonyl (C=O) groups excluding carboxylic acids is 1. The largest absolute Gasteiger partial charge is 0.496 e. The molecule has 0 aliphatic heterocycles. The van der Waals surface area contributed by atoms with Crippen LogP contribution in [-0.2, 0) is 4.79 Å². The first-order valence-electron chi connectivity index (χ1n) is 4.27. The van der Waals surface area contributed by atoms with Crippen molar-refractivity contribution < 1.29 is 22.7 Å². The zero-order valence-corrected chi connectivity index (χ0v) is 8.97. The summed E-state index contributed by atoms with van der Waals surface area (Å²) < 4.78 is 42.6. The average Bonchev–Trinajstić information content (AvgIpc) is 2.15. The van der Waals surface area contributed by atoms with Crippen molar-refractivity contribution in [2.75, 3.05) is 7.11 Å². The Bertz CT molecular complexity index is 390. The quantitative estimate of drug-likeness (QED) is 0.773. The summed E-state index contributed by atoms with van der Waals surface area (Å²) in [6.07, 6.45) is -4.73. The van der Waals surface area contributed by atoms with E-state index in [9.17, 15) is 18.0 Å². The Morgan fingerprint density at radius 1 is 1.38 bits per heavy atom. The van der Waals surface area contributed by atoms with E-state index in [1.807, 2.05) is 0 Å². The van der Waals surface area contributed by atoms with E-state index >= 15 is 0 Å². The minimum Gasteiger partial charge on any atom is -0.496 e. The van der Waals surface area contributed by atoms with E-state index in [2.05, 4.69) is 0 Å². The maximum atomic E-state index is 12.6. The highest BCUT2D eigenvalue weighted by Crippen LogP contribution is 2.40. The monoisotopic (exact) mass is 252 g/mol. The molecular weight excluding hydrogens is 245 g/mol. The lowest BCUT2D eigenvalue weighted by atomic mass is 9.99. The number of hydrogen-bond donors (Lipinski definition) is 0. The van der Waals surface area contributed by atoms with Gasteiger partial charge in [-0.1, -0.05) is 18.2 Å². The third-order valence-corrected chi connectivity index (χ3v) is 2.22. The molecule has 1 rings (SSSR count). The molecule has 1 aromatic rings. The Kier molecular flexibility index (Phi) is 3.80. The summed E-state index contributed by atoms with van der Waals surface area (Å²) >= 11 is 4.98. The zero-order chi connectivity index (χ0) is 12.3. The number of halogens is 4. The molecule has 1 atom stereocenters. The summed E-state index contributed by atoms with van der Waals surface area (Å²) in [6, 6.07) is 5.40. The average molecular weight is 253 g/mol. The minimum absolute atomic E-state index is 0.0150. The third-order valence-electron chi connectivity index (χ3n) is 2.00. The lowest BCUT2D eigenvalue weighted by molar-refractivity contribution is -0.158. The van der Waals surface area contributed by atoms with Crippen LogP contribution >= 0.6 is 11.6 Å². The van der Waals surface area contributed by atoms with Crippen LogP contribution in [0.2, 0.25) is 0 Å². The number of rotatable bonds is 3. The van der Waals surface area contributed by atoms with E-state index in [4.69, 9.17) is 16.3 Å². The summed E-state index contributed by atoms with van der Waals surface area (Å²) in [5.74, 6) is -2.37. The van der Waals surface area contributed by atoms with Crippen molar-refractivity contribution in [1.29, 1.82) is 0 Å². The first-order valence-corrected chi connectivity index (χ1v) is 4.64. The number of hydrogen-bond acceptors (Lipinski definition) is 2. The van der Waals surface area contributed by atoms with E-state index in [-0.39, 0.29) is 11.3 Å². The van der Waals surface area contributed by atoms with Crippen LogP contribution in [0.4, 0.5) is 13.2 Å². The molecule has 0 fully saturated rings. The zero-order valence-electron chi connectivity index (χ0n) is 8.22. The van der Waals surface area contributed by atoms with E-state index < -0.39 is 17.3 Å². The van der Waals surface area contributed by atoms with Gasteiger partial charge in [0, 0.05) is 5.56 Å². The first kappa shape index (κ1) is 12.8. The highest BCUT2D eigenvalue weighted by atomic mass is 35.5. The highest BCUT2D eigenvalue weighted by molar-refractivity contribution is 6.64. The number of benzene rings is 1. The second-order valence-corrected chi connectivity index (χ2v) is 3.39. The Balaban J connectivity index is 3.27. The van der Waals surface area contributed by atoms with Crippen LogP contribution in [0.1, 0.15) is 11.5 Å². The van der Waals surface area contributed by atoms with E-state index in [1.165, 1.54) is 25.3 Å². The van der Waals surface area contributed by atoms with E-state index in [0.717, 1.165) is 6.07 Å². The molecule has 0 saturated carbocycles. The molecule has 2 nitrogen and oxygen atoms in total. The minimum atomic E-state index is -4.73.